The summed E-state index contributed by atoms with van der Waals surface area (Å²) in [4.78, 5) is 9.99. The van der Waals surface area contributed by atoms with Gasteiger partial charge in [0.05, 0.1) is 4.92 Å². The Bertz CT molecular complexity index is 310. The van der Waals surface area contributed by atoms with E-state index in [4.69, 9.17) is 0 Å². The van der Waals surface area contributed by atoms with E-state index < -0.39 is 4.92 Å². The van der Waals surface area contributed by atoms with Crippen molar-refractivity contribution in [2.75, 3.05) is 12.4 Å². The van der Waals surface area contributed by atoms with Crippen LogP contribution in [0.1, 0.15) is 5.56 Å². The average molecular weight is 165 g/mol. The fourth-order valence-corrected chi connectivity index (χ4v) is 0.889. The van der Waals surface area contributed by atoms with E-state index in [1.54, 1.807) is 19.2 Å². The highest BCUT2D eigenvalue weighted by molar-refractivity contribution is 5.55. The van der Waals surface area contributed by atoms with Crippen molar-refractivity contribution >= 4 is 11.4 Å². The highest BCUT2D eigenvalue weighted by Gasteiger charge is 2.09. The monoisotopic (exact) mass is 165 g/mol. The lowest BCUT2D eigenvalue weighted by atomic mass is 10.2. The Kier molecular flexibility index (Phi) is 2.28. The zero-order chi connectivity index (χ0) is 9.14. The molecule has 0 aliphatic rings. The summed E-state index contributed by atoms with van der Waals surface area (Å²) in [7, 11) is 1.71. The zero-order valence-electron chi connectivity index (χ0n) is 6.70. The van der Waals surface area contributed by atoms with Crippen molar-refractivity contribution in [2.24, 2.45) is 0 Å². The van der Waals surface area contributed by atoms with Crippen molar-refractivity contribution in [1.82, 2.24) is 0 Å². The third-order valence-corrected chi connectivity index (χ3v) is 1.57. The summed E-state index contributed by atoms with van der Waals surface area (Å²) < 4.78 is 0. The van der Waals surface area contributed by atoms with Crippen molar-refractivity contribution in [1.29, 1.82) is 0 Å². The van der Waals surface area contributed by atoms with E-state index >= 15 is 0 Å². The summed E-state index contributed by atoms with van der Waals surface area (Å²) in [6, 6.07) is 4.82. The summed E-state index contributed by atoms with van der Waals surface area (Å²) in [6.07, 6.45) is 0. The molecule has 0 spiro atoms. The molecule has 0 aliphatic carbocycles. The van der Waals surface area contributed by atoms with Crippen LogP contribution in [0, 0.1) is 17.0 Å². The van der Waals surface area contributed by atoms with Gasteiger partial charge in [0.15, 0.2) is 0 Å². The summed E-state index contributed by atoms with van der Waals surface area (Å²) in [5, 5.41) is 13.2. The van der Waals surface area contributed by atoms with Crippen LogP contribution in [-0.4, -0.2) is 12.0 Å². The van der Waals surface area contributed by atoms with Crippen molar-refractivity contribution in [2.45, 2.75) is 0 Å². The zero-order valence-corrected chi connectivity index (χ0v) is 6.70. The molecule has 1 aromatic rings. The fraction of sp³-hybridized carbons (Fsp3) is 0.125. The second-order valence-electron chi connectivity index (χ2n) is 2.35. The molecule has 0 fully saturated rings. The smallest absolute Gasteiger partial charge is 0.274 e. The number of nitrogens with one attached hydrogen (secondary N) is 1. The molecule has 0 unspecified atom stereocenters. The highest BCUT2D eigenvalue weighted by atomic mass is 16.6. The summed E-state index contributed by atoms with van der Waals surface area (Å²) in [5.74, 6) is 0. The Morgan fingerprint density at radius 3 is 2.75 bits per heavy atom. The van der Waals surface area contributed by atoms with Crippen molar-refractivity contribution in [3.05, 3.63) is 40.8 Å². The third kappa shape index (κ3) is 1.53. The lowest BCUT2D eigenvalue weighted by Gasteiger charge is -2.00. The number of hydrogen-bond acceptors (Lipinski definition) is 3. The van der Waals surface area contributed by atoms with Crippen LogP contribution in [0.4, 0.5) is 11.4 Å². The van der Waals surface area contributed by atoms with E-state index in [1.165, 1.54) is 6.07 Å². The number of rotatable bonds is 2. The molecule has 0 saturated heterocycles. The molecule has 0 heterocycles. The molecule has 0 saturated carbocycles. The van der Waals surface area contributed by atoms with Crippen LogP contribution >= 0.6 is 0 Å². The first-order valence-electron chi connectivity index (χ1n) is 3.43. The highest BCUT2D eigenvalue weighted by Crippen LogP contribution is 2.21. The number of hydrogen-bond donors (Lipinski definition) is 1. The van der Waals surface area contributed by atoms with Gasteiger partial charge in [-0.3, -0.25) is 10.1 Å². The summed E-state index contributed by atoms with van der Waals surface area (Å²) in [5.41, 5.74) is 1.19. The van der Waals surface area contributed by atoms with Gasteiger partial charge in [-0.2, -0.15) is 0 Å². The molecule has 1 aromatic carbocycles. The van der Waals surface area contributed by atoms with Crippen LogP contribution < -0.4 is 5.32 Å². The molecule has 1 N–H and O–H groups in total. The summed E-state index contributed by atoms with van der Waals surface area (Å²) >= 11 is 0. The first kappa shape index (κ1) is 8.52. The number of nitro benzene ring substituents is 1. The maximum absolute atomic E-state index is 10.4. The Morgan fingerprint density at radius 2 is 2.25 bits per heavy atom. The molecular weight excluding hydrogens is 156 g/mol. The van der Waals surface area contributed by atoms with E-state index in [9.17, 15) is 10.1 Å². The average Bonchev–Trinajstić information content (AvgIpc) is 2.05. The second-order valence-corrected chi connectivity index (χ2v) is 2.35. The number of benzene rings is 1. The first-order valence-corrected chi connectivity index (χ1v) is 3.43. The second kappa shape index (κ2) is 3.21. The minimum Gasteiger partial charge on any atom is -0.388 e. The Labute approximate surface area is 70.4 Å². The van der Waals surface area contributed by atoms with Gasteiger partial charge in [0.25, 0.3) is 5.69 Å². The van der Waals surface area contributed by atoms with Gasteiger partial charge in [-0.1, -0.05) is 6.07 Å². The van der Waals surface area contributed by atoms with E-state index in [2.05, 4.69) is 12.2 Å². The lowest BCUT2D eigenvalue weighted by Crippen LogP contribution is -1.94. The van der Waals surface area contributed by atoms with Crippen LogP contribution in [0.25, 0.3) is 0 Å². The van der Waals surface area contributed by atoms with Crippen LogP contribution in [0.5, 0.6) is 0 Å². The van der Waals surface area contributed by atoms with Crippen molar-refractivity contribution < 1.29 is 4.92 Å². The maximum atomic E-state index is 10.4. The summed E-state index contributed by atoms with van der Waals surface area (Å²) in [6.45, 7) is 3.55. The number of anilines is 1. The molecule has 0 amide bonds. The maximum Gasteiger partial charge on any atom is 0.274 e. The van der Waals surface area contributed by atoms with Crippen LogP contribution in [0.3, 0.4) is 0 Å². The molecule has 0 atom stereocenters. The van der Waals surface area contributed by atoms with Crippen LogP contribution in [0.15, 0.2) is 18.2 Å². The molecule has 0 aliphatic heterocycles. The predicted octanol–water partition coefficient (Wildman–Crippen LogP) is 1.82. The molecule has 4 heteroatoms. The van der Waals surface area contributed by atoms with E-state index in [1.807, 2.05) is 0 Å². The van der Waals surface area contributed by atoms with E-state index in [0.29, 0.717) is 11.3 Å². The largest absolute Gasteiger partial charge is 0.388 e. The Morgan fingerprint density at radius 1 is 1.58 bits per heavy atom. The van der Waals surface area contributed by atoms with Gasteiger partial charge in [-0.25, -0.2) is 0 Å². The molecule has 0 bridgehead atoms. The predicted molar refractivity (Wildman–Crippen MR) is 47.1 cm³/mol. The SMILES string of the molecule is [CH2]c1ccc(NC)cc1[N+](=O)[O-]. The molecular formula is C8H9N2O2. The first-order chi connectivity index (χ1) is 5.65. The standard InChI is InChI=1S/C8H9N2O2/c1-6-3-4-7(9-2)5-8(6)10(11)12/h3-5,9H,1H2,2H3. The van der Waals surface area contributed by atoms with Gasteiger partial charge in [0.1, 0.15) is 0 Å². The quantitative estimate of drug-likeness (QED) is 0.537. The number of nitrogens with zero attached hydrogens (tertiary/aromatic N) is 1. The van der Waals surface area contributed by atoms with Gasteiger partial charge in [0, 0.05) is 24.4 Å². The third-order valence-electron chi connectivity index (χ3n) is 1.57. The molecule has 4 nitrogen and oxygen atoms in total. The van der Waals surface area contributed by atoms with Gasteiger partial charge < -0.3 is 5.32 Å². The lowest BCUT2D eigenvalue weighted by molar-refractivity contribution is -0.385. The minimum absolute atomic E-state index is 0.0434. The Balaban J connectivity index is 3.17. The minimum atomic E-state index is -0.441. The van der Waals surface area contributed by atoms with Gasteiger partial charge in [0.2, 0.25) is 0 Å². The molecule has 1 rings (SSSR count). The molecule has 63 valence electrons. The van der Waals surface area contributed by atoms with Gasteiger partial charge in [-0.15, -0.1) is 0 Å². The van der Waals surface area contributed by atoms with E-state index in [0.717, 1.165) is 0 Å². The molecule has 1 radical (unpaired) electrons. The van der Waals surface area contributed by atoms with Crippen molar-refractivity contribution in [3.8, 4) is 0 Å². The normalized spacial score (nSPS) is 9.50. The molecule has 0 aromatic heterocycles. The molecule has 12 heavy (non-hydrogen) atoms. The van der Waals surface area contributed by atoms with E-state index in [-0.39, 0.29) is 5.69 Å². The number of nitro groups is 1. The topological polar surface area (TPSA) is 55.2 Å². The van der Waals surface area contributed by atoms with Crippen LogP contribution in [0.2, 0.25) is 0 Å². The van der Waals surface area contributed by atoms with Gasteiger partial charge in [-0.05, 0) is 13.0 Å². The Hall–Kier alpha value is -1.58. The van der Waals surface area contributed by atoms with Crippen LogP contribution in [-0.2, 0) is 0 Å². The van der Waals surface area contributed by atoms with Gasteiger partial charge >= 0.3 is 0 Å². The fourth-order valence-electron chi connectivity index (χ4n) is 0.889. The van der Waals surface area contributed by atoms with Crippen molar-refractivity contribution in [3.63, 3.8) is 0 Å².